The molecule has 0 bridgehead atoms. The van der Waals surface area contributed by atoms with Crippen LogP contribution in [0.4, 0.5) is 17.6 Å². The first kappa shape index (κ1) is 34.1. The molecule has 1 unspecified atom stereocenters. The van der Waals surface area contributed by atoms with Gasteiger partial charge in [-0.25, -0.2) is 4.39 Å². The number of alkyl halides is 3. The third-order valence-corrected chi connectivity index (χ3v) is 8.14. The van der Waals surface area contributed by atoms with E-state index in [0.717, 1.165) is 49.8 Å². The van der Waals surface area contributed by atoms with Crippen LogP contribution in [-0.4, -0.2) is 62.9 Å². The summed E-state index contributed by atoms with van der Waals surface area (Å²) in [5.74, 6) is -2.07. The van der Waals surface area contributed by atoms with Crippen molar-refractivity contribution in [3.8, 4) is 0 Å². The Kier molecular flexibility index (Phi) is 11.7. The molecule has 3 N–H and O–H groups in total. The number of hydrogen-bond donors (Lipinski definition) is 3. The minimum absolute atomic E-state index is 0.0495. The van der Waals surface area contributed by atoms with Crippen molar-refractivity contribution in [2.24, 2.45) is 0 Å². The van der Waals surface area contributed by atoms with Gasteiger partial charge in [-0.05, 0) is 62.3 Å². The van der Waals surface area contributed by atoms with E-state index >= 15 is 0 Å². The number of aliphatic hydroxyl groups is 1. The van der Waals surface area contributed by atoms with Gasteiger partial charge in [0.05, 0.1) is 17.7 Å². The number of amides is 2. The predicted molar refractivity (Wildman–Crippen MR) is 162 cm³/mol. The zero-order chi connectivity index (χ0) is 32.6. The number of halogens is 4. The molecule has 8 nitrogen and oxygen atoms in total. The van der Waals surface area contributed by atoms with Crippen LogP contribution in [-0.2, 0) is 25.7 Å². The lowest BCUT2D eigenvalue weighted by molar-refractivity contribution is -0.140. The number of benzene rings is 2. The molecular formula is C33H41F4N5O3. The Labute approximate surface area is 260 Å². The average Bonchev–Trinajstić information content (AvgIpc) is 3.46. The zero-order valence-corrected chi connectivity index (χ0v) is 25.6. The lowest BCUT2D eigenvalue weighted by atomic mass is 9.98. The number of likely N-dealkylation sites (tertiary alicyclic amines) is 1. The van der Waals surface area contributed by atoms with Gasteiger partial charge in [0.25, 0.3) is 11.8 Å². The quantitative estimate of drug-likeness (QED) is 0.221. The van der Waals surface area contributed by atoms with E-state index in [9.17, 15) is 32.3 Å². The van der Waals surface area contributed by atoms with Gasteiger partial charge in [0.1, 0.15) is 11.5 Å². The Morgan fingerprint density at radius 1 is 1.07 bits per heavy atom. The minimum Gasteiger partial charge on any atom is -0.390 e. The molecule has 244 valence electrons. The molecule has 3 atom stereocenters. The van der Waals surface area contributed by atoms with Crippen LogP contribution >= 0.6 is 0 Å². The first-order valence-electron chi connectivity index (χ1n) is 15.5. The van der Waals surface area contributed by atoms with Gasteiger partial charge >= 0.3 is 6.18 Å². The first-order chi connectivity index (χ1) is 21.5. The number of carbonyl (C=O) groups excluding carboxylic acids is 2. The molecule has 0 aliphatic carbocycles. The van der Waals surface area contributed by atoms with Crippen molar-refractivity contribution in [3.05, 3.63) is 88.5 Å². The lowest BCUT2D eigenvalue weighted by Gasteiger charge is -2.35. The number of nitrogens with zero attached hydrogens (tertiary/aromatic N) is 3. The van der Waals surface area contributed by atoms with E-state index < -0.39 is 35.6 Å². The molecule has 3 aromatic rings. The van der Waals surface area contributed by atoms with Gasteiger partial charge in [-0.15, -0.1) is 0 Å². The normalized spacial score (nSPS) is 16.8. The standard InChI is InChI=1S/C33H41F4N5O3/c1-3-10-24-13-8-9-16-41(24)32(45)29-19-28(40-42(29)4-2)31(44)39-27(18-22-11-6-5-7-12-22)30(43)21-38-20-23-14-15-26(34)25(17-23)33(35,36)37/h5-7,11-12,14-15,17,19,24,27,30,38,43H,3-4,8-10,13,16,18,20-21H2,1-2H3,(H,39,44)/t24?,27-,30+/m0/s1. The summed E-state index contributed by atoms with van der Waals surface area (Å²) in [5, 5.41) is 21.3. The smallest absolute Gasteiger partial charge is 0.390 e. The van der Waals surface area contributed by atoms with Crippen LogP contribution in [0.15, 0.2) is 54.6 Å². The third kappa shape index (κ3) is 8.91. The molecule has 45 heavy (non-hydrogen) atoms. The number of aliphatic hydroxyl groups excluding tert-OH is 1. The van der Waals surface area contributed by atoms with Crippen LogP contribution in [0.1, 0.15) is 83.6 Å². The van der Waals surface area contributed by atoms with Crippen molar-refractivity contribution in [2.45, 2.75) is 89.8 Å². The second-order valence-corrected chi connectivity index (χ2v) is 11.4. The van der Waals surface area contributed by atoms with Crippen LogP contribution < -0.4 is 10.6 Å². The summed E-state index contributed by atoms with van der Waals surface area (Å²) in [6.45, 7) is 4.86. The molecule has 12 heteroatoms. The number of aryl methyl sites for hydroxylation is 1. The molecule has 1 aliphatic rings. The summed E-state index contributed by atoms with van der Waals surface area (Å²) < 4.78 is 54.6. The van der Waals surface area contributed by atoms with Crippen LogP contribution in [0.3, 0.4) is 0 Å². The molecular weight excluding hydrogens is 590 g/mol. The lowest BCUT2D eigenvalue weighted by Crippen LogP contribution is -2.48. The van der Waals surface area contributed by atoms with Gasteiger partial charge in [-0.3, -0.25) is 14.3 Å². The Morgan fingerprint density at radius 2 is 1.82 bits per heavy atom. The second-order valence-electron chi connectivity index (χ2n) is 11.4. The van der Waals surface area contributed by atoms with E-state index in [1.54, 1.807) is 0 Å². The summed E-state index contributed by atoms with van der Waals surface area (Å²) in [6.07, 6.45) is -0.878. The fourth-order valence-corrected chi connectivity index (χ4v) is 5.79. The highest BCUT2D eigenvalue weighted by Crippen LogP contribution is 2.32. The highest BCUT2D eigenvalue weighted by Gasteiger charge is 2.34. The fraction of sp³-hybridized carbons (Fsp3) is 0.485. The summed E-state index contributed by atoms with van der Waals surface area (Å²) in [6, 6.07) is 12.8. The minimum atomic E-state index is -4.83. The molecule has 1 fully saturated rings. The maximum absolute atomic E-state index is 13.7. The number of piperidine rings is 1. The van der Waals surface area contributed by atoms with Crippen LogP contribution in [0.5, 0.6) is 0 Å². The van der Waals surface area contributed by atoms with Crippen molar-refractivity contribution in [1.82, 2.24) is 25.3 Å². The fourth-order valence-electron chi connectivity index (χ4n) is 5.79. The molecule has 1 saturated heterocycles. The molecule has 0 spiro atoms. The molecule has 1 aromatic heterocycles. The third-order valence-electron chi connectivity index (χ3n) is 8.14. The van der Waals surface area contributed by atoms with Crippen LogP contribution in [0.25, 0.3) is 0 Å². The van der Waals surface area contributed by atoms with Crippen molar-refractivity contribution >= 4 is 11.8 Å². The molecule has 1 aliphatic heterocycles. The summed E-state index contributed by atoms with van der Waals surface area (Å²) in [5.41, 5.74) is 0.0644. The molecule has 4 rings (SSSR count). The van der Waals surface area contributed by atoms with Crippen molar-refractivity contribution in [2.75, 3.05) is 13.1 Å². The molecule has 2 aromatic carbocycles. The Hall–Kier alpha value is -3.77. The van der Waals surface area contributed by atoms with E-state index in [-0.39, 0.29) is 42.7 Å². The van der Waals surface area contributed by atoms with Gasteiger partial charge in [-0.1, -0.05) is 49.7 Å². The van der Waals surface area contributed by atoms with E-state index in [0.29, 0.717) is 18.8 Å². The topological polar surface area (TPSA) is 99.5 Å². The summed E-state index contributed by atoms with van der Waals surface area (Å²) in [7, 11) is 0. The SMILES string of the molecule is CCCC1CCCCN1C(=O)c1cc(C(=O)N[C@@H](Cc2ccccc2)[C@H](O)CNCc2ccc(F)c(C(F)(F)F)c2)nn1CC. The van der Waals surface area contributed by atoms with Crippen LogP contribution in [0, 0.1) is 5.82 Å². The zero-order valence-electron chi connectivity index (χ0n) is 25.6. The van der Waals surface area contributed by atoms with Gasteiger partial charge in [-0.2, -0.15) is 18.3 Å². The largest absolute Gasteiger partial charge is 0.419 e. The van der Waals surface area contributed by atoms with E-state index in [1.165, 1.54) is 16.8 Å². The van der Waals surface area contributed by atoms with Crippen molar-refractivity contribution in [1.29, 1.82) is 0 Å². The second kappa shape index (κ2) is 15.5. The molecule has 2 amide bonds. The number of hydrogen-bond acceptors (Lipinski definition) is 5. The van der Waals surface area contributed by atoms with E-state index in [1.807, 2.05) is 42.2 Å². The summed E-state index contributed by atoms with van der Waals surface area (Å²) >= 11 is 0. The monoisotopic (exact) mass is 631 g/mol. The highest BCUT2D eigenvalue weighted by molar-refractivity contribution is 5.98. The Bertz CT molecular complexity index is 1430. The van der Waals surface area contributed by atoms with Gasteiger partial charge in [0, 0.05) is 38.3 Å². The van der Waals surface area contributed by atoms with E-state index in [2.05, 4.69) is 22.7 Å². The van der Waals surface area contributed by atoms with Crippen molar-refractivity contribution < 1.29 is 32.3 Å². The number of carbonyl (C=O) groups is 2. The van der Waals surface area contributed by atoms with Crippen molar-refractivity contribution in [3.63, 3.8) is 0 Å². The van der Waals surface area contributed by atoms with Crippen LogP contribution in [0.2, 0.25) is 0 Å². The van der Waals surface area contributed by atoms with Gasteiger partial charge < -0.3 is 20.6 Å². The maximum atomic E-state index is 13.7. The average molecular weight is 632 g/mol. The summed E-state index contributed by atoms with van der Waals surface area (Å²) in [4.78, 5) is 29.0. The number of nitrogens with one attached hydrogen (secondary N) is 2. The van der Waals surface area contributed by atoms with Gasteiger partial charge in [0.15, 0.2) is 5.69 Å². The molecule has 2 heterocycles. The Balaban J connectivity index is 1.47. The van der Waals surface area contributed by atoms with Gasteiger partial charge in [0.2, 0.25) is 0 Å². The number of aromatic nitrogens is 2. The molecule has 0 radical (unpaired) electrons. The highest BCUT2D eigenvalue weighted by atomic mass is 19.4. The predicted octanol–water partition coefficient (Wildman–Crippen LogP) is 5.35. The first-order valence-corrected chi connectivity index (χ1v) is 15.5. The maximum Gasteiger partial charge on any atom is 0.419 e. The molecule has 0 saturated carbocycles. The van der Waals surface area contributed by atoms with E-state index in [4.69, 9.17) is 0 Å². The Morgan fingerprint density at radius 3 is 2.51 bits per heavy atom. The number of rotatable bonds is 13.